The summed E-state index contributed by atoms with van der Waals surface area (Å²) in [5, 5.41) is 12.2. The fourth-order valence-electron chi connectivity index (χ4n) is 2.69. The fourth-order valence-corrected chi connectivity index (χ4v) is 2.69. The Bertz CT molecular complexity index is 568. The molecule has 0 aromatic heterocycles. The fraction of sp³-hybridized carbons (Fsp3) is 0.529. The van der Waals surface area contributed by atoms with Gasteiger partial charge in [-0.25, -0.2) is 9.59 Å². The van der Waals surface area contributed by atoms with Crippen molar-refractivity contribution in [1.29, 1.82) is 0 Å². The maximum atomic E-state index is 12.0. The Kier molecular flexibility index (Phi) is 4.94. The number of ether oxygens (including phenoxy) is 1. The molecular formula is C17H24N2O4. The Morgan fingerprint density at radius 1 is 1.30 bits per heavy atom. The van der Waals surface area contributed by atoms with E-state index < -0.39 is 23.2 Å². The first kappa shape index (κ1) is 17.3. The zero-order valence-electron chi connectivity index (χ0n) is 13.8. The van der Waals surface area contributed by atoms with Crippen LogP contribution in [0.3, 0.4) is 0 Å². The highest BCUT2D eigenvalue weighted by Gasteiger charge is 2.46. The molecule has 1 aliphatic rings. The minimum atomic E-state index is -1.29. The topological polar surface area (TPSA) is 78.9 Å². The van der Waals surface area contributed by atoms with Gasteiger partial charge in [0.15, 0.2) is 5.54 Å². The van der Waals surface area contributed by atoms with Crippen molar-refractivity contribution >= 4 is 12.1 Å². The van der Waals surface area contributed by atoms with Gasteiger partial charge in [0.1, 0.15) is 5.60 Å². The van der Waals surface area contributed by atoms with Crippen LogP contribution < -0.4 is 5.32 Å². The van der Waals surface area contributed by atoms with Crippen molar-refractivity contribution in [3.8, 4) is 0 Å². The molecule has 1 unspecified atom stereocenters. The Balaban J connectivity index is 2.02. The van der Waals surface area contributed by atoms with Crippen LogP contribution in [-0.2, 0) is 16.1 Å². The number of rotatable bonds is 4. The van der Waals surface area contributed by atoms with E-state index in [0.29, 0.717) is 19.5 Å². The molecule has 0 spiro atoms. The molecule has 1 aromatic rings. The van der Waals surface area contributed by atoms with Crippen LogP contribution in [-0.4, -0.2) is 46.3 Å². The van der Waals surface area contributed by atoms with Crippen molar-refractivity contribution in [3.05, 3.63) is 35.9 Å². The molecule has 0 saturated carbocycles. The SMILES string of the molecule is CC(C)(C)OC(=O)NC1(C(=O)O)CCN(Cc2ccccc2)C1. The van der Waals surface area contributed by atoms with E-state index in [4.69, 9.17) is 4.74 Å². The third-order valence-corrected chi connectivity index (χ3v) is 3.75. The standard InChI is InChI=1S/C17H24N2O4/c1-16(2,3)23-15(22)18-17(14(20)21)9-10-19(12-17)11-13-7-5-4-6-8-13/h4-8H,9-12H2,1-3H3,(H,18,22)(H,20,21). The molecule has 23 heavy (non-hydrogen) atoms. The van der Waals surface area contributed by atoms with Crippen LogP contribution in [0.5, 0.6) is 0 Å². The predicted octanol–water partition coefficient (Wildman–Crippen LogP) is 2.24. The van der Waals surface area contributed by atoms with Crippen molar-refractivity contribution in [2.24, 2.45) is 0 Å². The van der Waals surface area contributed by atoms with Gasteiger partial charge in [-0.15, -0.1) is 0 Å². The van der Waals surface area contributed by atoms with E-state index in [1.807, 2.05) is 35.2 Å². The van der Waals surface area contributed by atoms with Gasteiger partial charge in [0.25, 0.3) is 0 Å². The van der Waals surface area contributed by atoms with Crippen LogP contribution in [0.4, 0.5) is 4.79 Å². The molecular weight excluding hydrogens is 296 g/mol. The quantitative estimate of drug-likeness (QED) is 0.889. The molecule has 2 rings (SSSR count). The van der Waals surface area contributed by atoms with Gasteiger partial charge in [-0.1, -0.05) is 30.3 Å². The minimum absolute atomic E-state index is 0.260. The Labute approximate surface area is 136 Å². The van der Waals surface area contributed by atoms with Crippen LogP contribution in [0.2, 0.25) is 0 Å². The van der Waals surface area contributed by atoms with Gasteiger partial charge in [-0.05, 0) is 32.8 Å². The molecule has 1 fully saturated rings. The second-order valence-corrected chi connectivity index (χ2v) is 6.96. The van der Waals surface area contributed by atoms with Crippen LogP contribution in [0.15, 0.2) is 30.3 Å². The van der Waals surface area contributed by atoms with Gasteiger partial charge in [0, 0.05) is 19.6 Å². The predicted molar refractivity (Wildman–Crippen MR) is 86.1 cm³/mol. The first-order valence-electron chi connectivity index (χ1n) is 7.71. The highest BCUT2D eigenvalue weighted by molar-refractivity contribution is 5.85. The number of nitrogens with one attached hydrogen (secondary N) is 1. The van der Waals surface area contributed by atoms with Crippen molar-refractivity contribution in [1.82, 2.24) is 10.2 Å². The number of carbonyl (C=O) groups excluding carboxylic acids is 1. The molecule has 1 aliphatic heterocycles. The summed E-state index contributed by atoms with van der Waals surface area (Å²) in [6.07, 6.45) is -0.338. The number of hydrogen-bond donors (Lipinski definition) is 2. The average molecular weight is 320 g/mol. The number of aliphatic carboxylic acids is 1. The average Bonchev–Trinajstić information content (AvgIpc) is 2.82. The summed E-state index contributed by atoms with van der Waals surface area (Å²) in [6.45, 7) is 6.77. The number of amides is 1. The minimum Gasteiger partial charge on any atom is -0.479 e. The molecule has 1 atom stereocenters. The maximum Gasteiger partial charge on any atom is 0.408 e. The molecule has 6 nitrogen and oxygen atoms in total. The molecule has 0 aliphatic carbocycles. The van der Waals surface area contributed by atoms with Crippen molar-refractivity contribution < 1.29 is 19.4 Å². The highest BCUT2D eigenvalue weighted by atomic mass is 16.6. The number of alkyl carbamates (subject to hydrolysis) is 1. The van der Waals surface area contributed by atoms with Crippen LogP contribution in [0.1, 0.15) is 32.8 Å². The summed E-state index contributed by atoms with van der Waals surface area (Å²) in [7, 11) is 0. The zero-order valence-corrected chi connectivity index (χ0v) is 13.8. The first-order valence-corrected chi connectivity index (χ1v) is 7.71. The smallest absolute Gasteiger partial charge is 0.408 e. The summed E-state index contributed by atoms with van der Waals surface area (Å²) in [4.78, 5) is 25.7. The number of nitrogens with zero attached hydrogens (tertiary/aromatic N) is 1. The summed E-state index contributed by atoms with van der Waals surface area (Å²) in [6, 6.07) is 9.85. The largest absolute Gasteiger partial charge is 0.479 e. The van der Waals surface area contributed by atoms with E-state index in [9.17, 15) is 14.7 Å². The lowest BCUT2D eigenvalue weighted by molar-refractivity contribution is -0.144. The number of benzene rings is 1. The second kappa shape index (κ2) is 6.58. The monoisotopic (exact) mass is 320 g/mol. The normalized spacial score (nSPS) is 21.9. The van der Waals surface area contributed by atoms with E-state index in [2.05, 4.69) is 5.32 Å². The highest BCUT2D eigenvalue weighted by Crippen LogP contribution is 2.24. The Hall–Kier alpha value is -2.08. The molecule has 2 N–H and O–H groups in total. The van der Waals surface area contributed by atoms with Gasteiger partial charge >= 0.3 is 12.1 Å². The van der Waals surface area contributed by atoms with Crippen LogP contribution in [0, 0.1) is 0 Å². The van der Waals surface area contributed by atoms with Gasteiger partial charge in [-0.3, -0.25) is 4.90 Å². The first-order chi connectivity index (χ1) is 10.7. The molecule has 6 heteroatoms. The van der Waals surface area contributed by atoms with Gasteiger partial charge in [0.05, 0.1) is 0 Å². The molecule has 1 amide bonds. The number of carbonyl (C=O) groups is 2. The Morgan fingerprint density at radius 2 is 1.96 bits per heavy atom. The van der Waals surface area contributed by atoms with E-state index in [1.54, 1.807) is 20.8 Å². The number of hydrogen-bond acceptors (Lipinski definition) is 4. The lowest BCUT2D eigenvalue weighted by Crippen LogP contribution is -2.57. The van der Waals surface area contributed by atoms with E-state index in [0.717, 1.165) is 5.56 Å². The number of likely N-dealkylation sites (tertiary alicyclic amines) is 1. The van der Waals surface area contributed by atoms with Crippen molar-refractivity contribution in [2.75, 3.05) is 13.1 Å². The van der Waals surface area contributed by atoms with E-state index >= 15 is 0 Å². The third-order valence-electron chi connectivity index (χ3n) is 3.75. The summed E-state index contributed by atoms with van der Waals surface area (Å²) in [5.41, 5.74) is -0.839. The number of carboxylic acid groups (broad SMARTS) is 1. The van der Waals surface area contributed by atoms with E-state index in [-0.39, 0.29) is 6.54 Å². The van der Waals surface area contributed by atoms with Crippen LogP contribution >= 0.6 is 0 Å². The Morgan fingerprint density at radius 3 is 2.52 bits per heavy atom. The summed E-state index contributed by atoms with van der Waals surface area (Å²) >= 11 is 0. The number of carboxylic acids is 1. The lowest BCUT2D eigenvalue weighted by Gasteiger charge is -2.28. The summed E-state index contributed by atoms with van der Waals surface area (Å²) < 4.78 is 5.20. The molecule has 1 heterocycles. The lowest BCUT2D eigenvalue weighted by atomic mass is 9.99. The molecule has 0 radical (unpaired) electrons. The molecule has 0 bridgehead atoms. The second-order valence-electron chi connectivity index (χ2n) is 6.96. The molecule has 126 valence electrons. The van der Waals surface area contributed by atoms with Gasteiger partial charge in [0.2, 0.25) is 0 Å². The van der Waals surface area contributed by atoms with Crippen LogP contribution in [0.25, 0.3) is 0 Å². The van der Waals surface area contributed by atoms with Gasteiger partial charge < -0.3 is 15.2 Å². The van der Waals surface area contributed by atoms with Crippen molar-refractivity contribution in [3.63, 3.8) is 0 Å². The third kappa shape index (κ3) is 4.69. The van der Waals surface area contributed by atoms with Crippen molar-refractivity contribution in [2.45, 2.75) is 44.9 Å². The molecule has 1 aromatic carbocycles. The summed E-state index contributed by atoms with van der Waals surface area (Å²) in [5.74, 6) is -1.03. The molecule has 1 saturated heterocycles. The van der Waals surface area contributed by atoms with E-state index in [1.165, 1.54) is 0 Å². The zero-order chi connectivity index (χ0) is 17.1. The van der Waals surface area contributed by atoms with Gasteiger partial charge in [-0.2, -0.15) is 0 Å². The maximum absolute atomic E-state index is 12.0.